The average molecular weight is 348 g/mol. The summed E-state index contributed by atoms with van der Waals surface area (Å²) >= 11 is 0. The number of carbonyl (C=O) groups is 2. The molecule has 1 amide bonds. The van der Waals surface area contributed by atoms with E-state index in [0.717, 1.165) is 5.56 Å². The summed E-state index contributed by atoms with van der Waals surface area (Å²) in [4.78, 5) is 36.1. The molecule has 1 aromatic carbocycles. The van der Waals surface area contributed by atoms with Gasteiger partial charge in [0, 0.05) is 22.9 Å². The minimum atomic E-state index is -0.512. The van der Waals surface area contributed by atoms with E-state index in [1.807, 2.05) is 32.9 Å². The number of carbonyl (C=O) groups excluding carboxylic acids is 2. The van der Waals surface area contributed by atoms with Gasteiger partial charge in [0.1, 0.15) is 5.52 Å². The number of aromatic nitrogens is 3. The maximum absolute atomic E-state index is 12.7. The number of H-pyrrole nitrogens is 1. The molecule has 0 aliphatic carbocycles. The van der Waals surface area contributed by atoms with Crippen LogP contribution in [-0.2, 0) is 4.79 Å². The fourth-order valence-electron chi connectivity index (χ4n) is 2.56. The molecule has 2 N–H and O–H groups in total. The first-order chi connectivity index (χ1) is 12.3. The highest BCUT2D eigenvalue weighted by Gasteiger charge is 2.26. The van der Waals surface area contributed by atoms with Crippen LogP contribution in [0.15, 0.2) is 49.3 Å². The number of hydrogen-bond acceptors (Lipinski definition) is 4. The Balaban J connectivity index is 2.04. The van der Waals surface area contributed by atoms with Crippen molar-refractivity contribution in [3.8, 4) is 11.3 Å². The van der Waals surface area contributed by atoms with Gasteiger partial charge >= 0.3 is 0 Å². The predicted octanol–water partition coefficient (Wildman–Crippen LogP) is 3.98. The first kappa shape index (κ1) is 17.5. The zero-order valence-electron chi connectivity index (χ0n) is 15.0. The van der Waals surface area contributed by atoms with Crippen molar-refractivity contribution in [3.05, 3.63) is 54.9 Å². The molecule has 3 aromatic rings. The maximum Gasteiger partial charge on any atom is 0.247 e. The summed E-state index contributed by atoms with van der Waals surface area (Å²) in [5.74, 6) is -0.283. The Morgan fingerprint density at radius 3 is 2.73 bits per heavy atom. The van der Waals surface area contributed by atoms with Crippen LogP contribution in [-0.4, -0.2) is 26.6 Å². The van der Waals surface area contributed by atoms with Crippen molar-refractivity contribution in [2.24, 2.45) is 5.41 Å². The predicted molar refractivity (Wildman–Crippen MR) is 102 cm³/mol. The second kappa shape index (κ2) is 6.55. The van der Waals surface area contributed by atoms with Gasteiger partial charge in [0.05, 0.1) is 17.5 Å². The molecule has 2 heterocycles. The van der Waals surface area contributed by atoms with E-state index < -0.39 is 5.41 Å². The van der Waals surface area contributed by atoms with Gasteiger partial charge in [0.2, 0.25) is 5.91 Å². The van der Waals surface area contributed by atoms with E-state index >= 15 is 0 Å². The van der Waals surface area contributed by atoms with Gasteiger partial charge in [0.25, 0.3) is 0 Å². The topological polar surface area (TPSA) is 87.7 Å². The second-order valence-corrected chi connectivity index (χ2v) is 7.01. The number of Topliss-reactive ketones (excluding diaryl/α,β-unsaturated/α-hetero) is 1. The number of hydrogen-bond donors (Lipinski definition) is 2. The lowest BCUT2D eigenvalue weighted by molar-refractivity contribution is -0.111. The highest BCUT2D eigenvalue weighted by Crippen LogP contribution is 2.27. The molecule has 0 saturated carbocycles. The lowest BCUT2D eigenvalue weighted by Gasteiger charge is -2.15. The lowest BCUT2D eigenvalue weighted by atomic mass is 9.87. The van der Waals surface area contributed by atoms with Crippen LogP contribution >= 0.6 is 0 Å². The minimum Gasteiger partial charge on any atom is -0.344 e. The molecule has 0 unspecified atom stereocenters. The molecule has 26 heavy (non-hydrogen) atoms. The van der Waals surface area contributed by atoms with Gasteiger partial charge in [-0.05, 0) is 18.2 Å². The Labute approximate surface area is 151 Å². The van der Waals surface area contributed by atoms with Crippen LogP contribution < -0.4 is 5.32 Å². The molecular weight excluding hydrogens is 328 g/mol. The van der Waals surface area contributed by atoms with Gasteiger partial charge in [-0.15, -0.1) is 0 Å². The summed E-state index contributed by atoms with van der Waals surface area (Å²) in [6.45, 7) is 9.06. The molecule has 0 radical (unpaired) electrons. The molecule has 0 atom stereocenters. The van der Waals surface area contributed by atoms with Gasteiger partial charge < -0.3 is 10.3 Å². The van der Waals surface area contributed by atoms with Crippen LogP contribution in [0.5, 0.6) is 0 Å². The van der Waals surface area contributed by atoms with Crippen LogP contribution in [0.3, 0.4) is 0 Å². The van der Waals surface area contributed by atoms with Crippen molar-refractivity contribution in [3.63, 3.8) is 0 Å². The third kappa shape index (κ3) is 3.39. The highest BCUT2D eigenvalue weighted by atomic mass is 16.1. The van der Waals surface area contributed by atoms with E-state index in [1.54, 1.807) is 24.5 Å². The first-order valence-corrected chi connectivity index (χ1v) is 8.22. The Morgan fingerprint density at radius 2 is 2.04 bits per heavy atom. The van der Waals surface area contributed by atoms with Crippen molar-refractivity contribution < 1.29 is 9.59 Å². The number of fused-ring (bicyclic) bond motifs is 1. The molecule has 6 heteroatoms. The highest BCUT2D eigenvalue weighted by molar-refractivity contribution is 6.08. The van der Waals surface area contributed by atoms with E-state index in [4.69, 9.17) is 0 Å². The number of nitrogens with one attached hydrogen (secondary N) is 2. The van der Waals surface area contributed by atoms with Crippen molar-refractivity contribution in [2.75, 3.05) is 5.32 Å². The molecule has 132 valence electrons. The Kier molecular flexibility index (Phi) is 4.42. The third-order valence-corrected chi connectivity index (χ3v) is 3.92. The first-order valence-electron chi connectivity index (χ1n) is 8.22. The zero-order chi connectivity index (χ0) is 18.9. The molecule has 0 fully saturated rings. The molecule has 3 rings (SSSR count). The van der Waals surface area contributed by atoms with E-state index in [9.17, 15) is 9.59 Å². The Hall–Kier alpha value is -3.28. The normalized spacial score (nSPS) is 11.3. The molecule has 0 saturated heterocycles. The number of rotatable bonds is 4. The van der Waals surface area contributed by atoms with Crippen LogP contribution in [0.1, 0.15) is 31.1 Å². The summed E-state index contributed by atoms with van der Waals surface area (Å²) < 4.78 is 0. The Morgan fingerprint density at radius 1 is 1.27 bits per heavy atom. The van der Waals surface area contributed by atoms with Crippen molar-refractivity contribution >= 4 is 28.5 Å². The summed E-state index contributed by atoms with van der Waals surface area (Å²) in [5.41, 5.74) is 3.17. The minimum absolute atomic E-state index is 0.00203. The molecule has 0 aliphatic heterocycles. The SMILES string of the molecule is C=CC(=O)Nc1cccc(-c2cnc3[nH]cc(C(=O)C(C)(C)C)c3n2)c1. The van der Waals surface area contributed by atoms with Gasteiger partial charge in [0.15, 0.2) is 11.4 Å². The lowest BCUT2D eigenvalue weighted by Crippen LogP contribution is -2.20. The number of nitrogens with zero attached hydrogens (tertiary/aromatic N) is 2. The van der Waals surface area contributed by atoms with E-state index in [-0.39, 0.29) is 11.7 Å². The van der Waals surface area contributed by atoms with Crippen molar-refractivity contribution in [1.82, 2.24) is 15.0 Å². The molecular formula is C20H20N4O2. The van der Waals surface area contributed by atoms with E-state index in [2.05, 4.69) is 26.8 Å². The van der Waals surface area contributed by atoms with Crippen molar-refractivity contribution in [2.45, 2.75) is 20.8 Å². The standard InChI is InChI=1S/C20H20N4O2/c1-5-16(25)23-13-8-6-7-12(9-13)15-11-22-19-17(24-15)14(10-21-19)18(26)20(2,3)4/h5-11H,1H2,2-4H3,(H,21,22)(H,23,25). The van der Waals surface area contributed by atoms with Crippen LogP contribution in [0.4, 0.5) is 5.69 Å². The molecule has 0 spiro atoms. The number of aromatic amines is 1. The number of benzene rings is 1. The number of ketones is 1. The quantitative estimate of drug-likeness (QED) is 0.551. The third-order valence-electron chi connectivity index (χ3n) is 3.92. The summed E-state index contributed by atoms with van der Waals surface area (Å²) in [7, 11) is 0. The van der Waals surface area contributed by atoms with E-state index in [1.165, 1.54) is 6.08 Å². The summed E-state index contributed by atoms with van der Waals surface area (Å²) in [5, 5.41) is 2.72. The number of amides is 1. The molecule has 0 bridgehead atoms. The monoisotopic (exact) mass is 348 g/mol. The fraction of sp³-hybridized carbons (Fsp3) is 0.200. The van der Waals surface area contributed by atoms with Gasteiger partial charge in [-0.2, -0.15) is 0 Å². The molecule has 0 aliphatic rings. The smallest absolute Gasteiger partial charge is 0.247 e. The molecule has 6 nitrogen and oxygen atoms in total. The van der Waals surface area contributed by atoms with Gasteiger partial charge in [-0.3, -0.25) is 9.59 Å². The van der Waals surface area contributed by atoms with Crippen LogP contribution in [0.2, 0.25) is 0 Å². The van der Waals surface area contributed by atoms with Crippen LogP contribution in [0, 0.1) is 5.41 Å². The molecule has 2 aromatic heterocycles. The van der Waals surface area contributed by atoms with Crippen molar-refractivity contribution in [1.29, 1.82) is 0 Å². The second-order valence-electron chi connectivity index (χ2n) is 7.01. The van der Waals surface area contributed by atoms with Gasteiger partial charge in [-0.25, -0.2) is 9.97 Å². The summed E-state index contributed by atoms with van der Waals surface area (Å²) in [6, 6.07) is 7.27. The summed E-state index contributed by atoms with van der Waals surface area (Å²) in [6.07, 6.45) is 4.50. The average Bonchev–Trinajstić information content (AvgIpc) is 3.03. The van der Waals surface area contributed by atoms with Crippen LogP contribution in [0.25, 0.3) is 22.4 Å². The largest absolute Gasteiger partial charge is 0.344 e. The zero-order valence-corrected chi connectivity index (χ0v) is 15.0. The Bertz CT molecular complexity index is 1010. The van der Waals surface area contributed by atoms with E-state index in [0.29, 0.717) is 28.1 Å². The maximum atomic E-state index is 12.7. The number of anilines is 1. The fourth-order valence-corrected chi connectivity index (χ4v) is 2.56. The van der Waals surface area contributed by atoms with Gasteiger partial charge in [-0.1, -0.05) is 39.5 Å².